The van der Waals surface area contributed by atoms with Crippen LogP contribution in [-0.2, 0) is 4.79 Å². The summed E-state index contributed by atoms with van der Waals surface area (Å²) in [6.07, 6.45) is 3.87. The first-order valence-electron chi connectivity index (χ1n) is 9.35. The van der Waals surface area contributed by atoms with Crippen molar-refractivity contribution in [3.05, 3.63) is 41.6 Å². The molecule has 1 aliphatic rings. The third kappa shape index (κ3) is 5.18. The van der Waals surface area contributed by atoms with Gasteiger partial charge in [-0.05, 0) is 44.6 Å². The second-order valence-corrected chi connectivity index (χ2v) is 6.55. The molecule has 0 aliphatic carbocycles. The number of anilines is 1. The van der Waals surface area contributed by atoms with Gasteiger partial charge in [0.05, 0.1) is 21.3 Å². The summed E-state index contributed by atoms with van der Waals surface area (Å²) in [6.45, 7) is 0.791. The number of rotatable bonds is 6. The van der Waals surface area contributed by atoms with E-state index in [0.29, 0.717) is 28.6 Å². The number of likely N-dealkylation sites (tertiary alicyclic amines) is 1. The molecular formula is C21H27N3O6. The van der Waals surface area contributed by atoms with Crippen molar-refractivity contribution in [1.82, 2.24) is 9.88 Å². The van der Waals surface area contributed by atoms with E-state index in [2.05, 4.69) is 22.2 Å². The summed E-state index contributed by atoms with van der Waals surface area (Å²) in [7, 11) is 6.66. The van der Waals surface area contributed by atoms with Crippen LogP contribution in [0.1, 0.15) is 34.8 Å². The zero-order valence-electron chi connectivity index (χ0n) is 17.5. The smallest absolute Gasteiger partial charge is 0.290 e. The van der Waals surface area contributed by atoms with E-state index in [1.54, 1.807) is 18.3 Å². The SMILES string of the molecule is COc1cc(C(=O)Nc2ncccc2C2CCCN2C)cc(OC)c1OC.O=CO. The maximum absolute atomic E-state index is 12.9. The molecule has 2 aromatic rings. The molecule has 1 atom stereocenters. The van der Waals surface area contributed by atoms with E-state index in [1.165, 1.54) is 21.3 Å². The molecule has 30 heavy (non-hydrogen) atoms. The van der Waals surface area contributed by atoms with Crippen LogP contribution in [0.2, 0.25) is 0 Å². The lowest BCUT2D eigenvalue weighted by molar-refractivity contribution is -0.122. The number of carbonyl (C=O) groups is 2. The molecule has 1 fully saturated rings. The number of ether oxygens (including phenoxy) is 3. The monoisotopic (exact) mass is 417 g/mol. The Morgan fingerprint density at radius 2 is 1.87 bits per heavy atom. The molecule has 1 unspecified atom stereocenters. The van der Waals surface area contributed by atoms with Gasteiger partial charge in [0.15, 0.2) is 11.5 Å². The molecule has 1 amide bonds. The number of hydrogen-bond donors (Lipinski definition) is 2. The zero-order chi connectivity index (χ0) is 22.1. The molecule has 2 N–H and O–H groups in total. The molecule has 0 bridgehead atoms. The van der Waals surface area contributed by atoms with Crippen molar-refractivity contribution in [1.29, 1.82) is 0 Å². The highest BCUT2D eigenvalue weighted by molar-refractivity contribution is 6.05. The van der Waals surface area contributed by atoms with Crippen LogP contribution >= 0.6 is 0 Å². The first-order valence-corrected chi connectivity index (χ1v) is 9.35. The maximum atomic E-state index is 12.9. The number of nitrogens with one attached hydrogen (secondary N) is 1. The van der Waals surface area contributed by atoms with Gasteiger partial charge in [-0.15, -0.1) is 0 Å². The minimum atomic E-state index is -0.283. The van der Waals surface area contributed by atoms with Crippen molar-refractivity contribution in [3.8, 4) is 17.2 Å². The number of benzene rings is 1. The van der Waals surface area contributed by atoms with Gasteiger partial charge in [-0.3, -0.25) is 14.5 Å². The lowest BCUT2D eigenvalue weighted by Crippen LogP contribution is -2.21. The van der Waals surface area contributed by atoms with Crippen LogP contribution in [0.3, 0.4) is 0 Å². The van der Waals surface area contributed by atoms with E-state index in [4.69, 9.17) is 24.1 Å². The first-order chi connectivity index (χ1) is 14.5. The van der Waals surface area contributed by atoms with Crippen LogP contribution in [0.15, 0.2) is 30.5 Å². The van der Waals surface area contributed by atoms with Crippen molar-refractivity contribution in [2.45, 2.75) is 18.9 Å². The van der Waals surface area contributed by atoms with Crippen molar-refractivity contribution in [2.75, 3.05) is 40.2 Å². The molecule has 0 spiro atoms. The van der Waals surface area contributed by atoms with Crippen LogP contribution in [-0.4, -0.2) is 62.3 Å². The number of carboxylic acid groups (broad SMARTS) is 1. The summed E-state index contributed by atoms with van der Waals surface area (Å²) in [5.41, 5.74) is 1.43. The van der Waals surface area contributed by atoms with Gasteiger partial charge in [-0.2, -0.15) is 0 Å². The van der Waals surface area contributed by atoms with Crippen molar-refractivity contribution in [3.63, 3.8) is 0 Å². The average molecular weight is 417 g/mol. The quantitative estimate of drug-likeness (QED) is 0.691. The number of hydrogen-bond acceptors (Lipinski definition) is 7. The largest absolute Gasteiger partial charge is 0.493 e. The van der Waals surface area contributed by atoms with Gasteiger partial charge < -0.3 is 24.6 Å². The van der Waals surface area contributed by atoms with Gasteiger partial charge in [-0.25, -0.2) is 4.98 Å². The third-order valence-corrected chi connectivity index (χ3v) is 4.88. The molecule has 1 saturated heterocycles. The summed E-state index contributed by atoms with van der Waals surface area (Å²) in [5.74, 6) is 1.60. The lowest BCUT2D eigenvalue weighted by atomic mass is 10.1. The molecule has 1 aromatic heterocycles. The second kappa shape index (κ2) is 11.0. The molecule has 0 radical (unpaired) electrons. The van der Waals surface area contributed by atoms with Crippen LogP contribution in [0.4, 0.5) is 5.82 Å². The molecule has 162 valence electrons. The Morgan fingerprint density at radius 1 is 1.23 bits per heavy atom. The predicted octanol–water partition coefficient (Wildman–Crippen LogP) is 2.83. The Labute approximate surface area is 175 Å². The summed E-state index contributed by atoms with van der Waals surface area (Å²) < 4.78 is 16.0. The number of aromatic nitrogens is 1. The van der Waals surface area contributed by atoms with Gasteiger partial charge in [0, 0.05) is 23.4 Å². The molecule has 1 aromatic carbocycles. The molecule has 0 saturated carbocycles. The fourth-order valence-electron chi connectivity index (χ4n) is 3.49. The minimum absolute atomic E-state index is 0.250. The topological polar surface area (TPSA) is 110 Å². The van der Waals surface area contributed by atoms with Crippen molar-refractivity contribution in [2.24, 2.45) is 0 Å². The van der Waals surface area contributed by atoms with Gasteiger partial charge >= 0.3 is 0 Å². The first kappa shape index (κ1) is 23.0. The Bertz CT molecular complexity index is 849. The summed E-state index contributed by atoms with van der Waals surface area (Å²) in [4.78, 5) is 27.9. The van der Waals surface area contributed by atoms with E-state index < -0.39 is 0 Å². The number of methoxy groups -OCH3 is 3. The van der Waals surface area contributed by atoms with E-state index in [-0.39, 0.29) is 18.4 Å². The maximum Gasteiger partial charge on any atom is 0.290 e. The number of pyridine rings is 1. The van der Waals surface area contributed by atoms with Crippen molar-refractivity contribution >= 4 is 18.2 Å². The summed E-state index contributed by atoms with van der Waals surface area (Å²) in [5, 5.41) is 9.82. The Balaban J connectivity index is 0.00000101. The third-order valence-electron chi connectivity index (χ3n) is 4.88. The highest BCUT2D eigenvalue weighted by Gasteiger charge is 2.26. The standard InChI is InChI=1S/C20H25N3O4.CH2O2/c1-23-10-6-8-15(23)14-7-5-9-21-19(14)22-20(24)13-11-16(25-2)18(27-4)17(12-13)26-3;2-1-3/h5,7,9,11-12,15H,6,8,10H2,1-4H3,(H,21,22,24);1H,(H,2,3). The fraction of sp³-hybridized carbons (Fsp3) is 0.381. The van der Waals surface area contributed by atoms with Crippen LogP contribution < -0.4 is 19.5 Å². The molecule has 9 heteroatoms. The molecule has 2 heterocycles. The number of carbonyl (C=O) groups excluding carboxylic acids is 1. The highest BCUT2D eigenvalue weighted by Crippen LogP contribution is 2.39. The predicted molar refractivity (Wildman–Crippen MR) is 112 cm³/mol. The Hall–Kier alpha value is -3.33. The fourth-order valence-corrected chi connectivity index (χ4v) is 3.49. The number of amides is 1. The molecule has 9 nitrogen and oxygen atoms in total. The minimum Gasteiger partial charge on any atom is -0.493 e. The van der Waals surface area contributed by atoms with E-state index in [0.717, 1.165) is 24.9 Å². The van der Waals surface area contributed by atoms with Gasteiger partial charge in [0.2, 0.25) is 5.75 Å². The van der Waals surface area contributed by atoms with Gasteiger partial charge in [-0.1, -0.05) is 6.07 Å². The second-order valence-electron chi connectivity index (χ2n) is 6.55. The molecule has 1 aliphatic heterocycles. The molecular weight excluding hydrogens is 390 g/mol. The highest BCUT2D eigenvalue weighted by atomic mass is 16.5. The normalized spacial score (nSPS) is 15.5. The summed E-state index contributed by atoms with van der Waals surface area (Å²) >= 11 is 0. The van der Waals surface area contributed by atoms with Crippen LogP contribution in [0.5, 0.6) is 17.2 Å². The van der Waals surface area contributed by atoms with E-state index in [9.17, 15) is 4.79 Å². The Morgan fingerprint density at radius 3 is 2.37 bits per heavy atom. The Kier molecular flexibility index (Phi) is 8.42. The van der Waals surface area contributed by atoms with Crippen LogP contribution in [0, 0.1) is 0 Å². The van der Waals surface area contributed by atoms with E-state index in [1.807, 2.05) is 12.1 Å². The van der Waals surface area contributed by atoms with Gasteiger partial charge in [0.1, 0.15) is 5.82 Å². The number of nitrogens with zero attached hydrogens (tertiary/aromatic N) is 2. The zero-order valence-corrected chi connectivity index (χ0v) is 17.5. The van der Waals surface area contributed by atoms with E-state index >= 15 is 0 Å². The molecule has 3 rings (SSSR count). The van der Waals surface area contributed by atoms with Gasteiger partial charge in [0.25, 0.3) is 12.4 Å². The average Bonchev–Trinajstić information content (AvgIpc) is 3.19. The van der Waals surface area contributed by atoms with Crippen molar-refractivity contribution < 1.29 is 28.9 Å². The van der Waals surface area contributed by atoms with Crippen LogP contribution in [0.25, 0.3) is 0 Å². The lowest BCUT2D eigenvalue weighted by Gasteiger charge is -2.22. The summed E-state index contributed by atoms with van der Waals surface area (Å²) in [6, 6.07) is 7.43.